The van der Waals surface area contributed by atoms with E-state index in [-0.39, 0.29) is 12.1 Å². The van der Waals surface area contributed by atoms with Crippen LogP contribution in [-0.2, 0) is 5.54 Å². The molecule has 1 saturated heterocycles. The summed E-state index contributed by atoms with van der Waals surface area (Å²) >= 11 is 0. The number of rotatable bonds is 5. The number of nitrogens with zero attached hydrogens (tertiary/aromatic N) is 1. The van der Waals surface area contributed by atoms with Crippen molar-refractivity contribution in [3.8, 4) is 0 Å². The highest BCUT2D eigenvalue weighted by atomic mass is 16.3. The number of aliphatic hydroxyl groups is 1. The lowest BCUT2D eigenvalue weighted by molar-refractivity contribution is 0.122. The van der Waals surface area contributed by atoms with Gasteiger partial charge in [-0.15, -0.1) is 0 Å². The van der Waals surface area contributed by atoms with Gasteiger partial charge in [0, 0.05) is 19.6 Å². The van der Waals surface area contributed by atoms with Crippen molar-refractivity contribution in [2.45, 2.75) is 19.4 Å². The standard InChI is InChI=1S/C16H26N2O/c1-13-9-18(10-14(13)2)11-16(12-19,17-3)15-7-5-4-6-8-15/h4-8,13-14,17,19H,9-12H2,1-3H3. The summed E-state index contributed by atoms with van der Waals surface area (Å²) in [6, 6.07) is 10.3. The molecule has 1 aromatic rings. The Balaban J connectivity index is 2.17. The zero-order valence-corrected chi connectivity index (χ0v) is 12.3. The number of likely N-dealkylation sites (N-methyl/N-ethyl adjacent to an activating group) is 1. The van der Waals surface area contributed by atoms with Gasteiger partial charge in [0.2, 0.25) is 0 Å². The Labute approximate surface area is 116 Å². The van der Waals surface area contributed by atoms with Crippen LogP contribution in [0.1, 0.15) is 19.4 Å². The van der Waals surface area contributed by atoms with Gasteiger partial charge in [-0.2, -0.15) is 0 Å². The van der Waals surface area contributed by atoms with Crippen LogP contribution in [0.15, 0.2) is 30.3 Å². The van der Waals surface area contributed by atoms with Gasteiger partial charge in [0.1, 0.15) is 0 Å². The molecule has 3 atom stereocenters. The first-order chi connectivity index (χ1) is 9.11. The van der Waals surface area contributed by atoms with Crippen LogP contribution >= 0.6 is 0 Å². The molecule has 3 nitrogen and oxygen atoms in total. The molecule has 1 aliphatic rings. The van der Waals surface area contributed by atoms with Crippen LogP contribution in [0.2, 0.25) is 0 Å². The Morgan fingerprint density at radius 2 is 1.79 bits per heavy atom. The van der Waals surface area contributed by atoms with Crippen LogP contribution in [0.25, 0.3) is 0 Å². The van der Waals surface area contributed by atoms with Gasteiger partial charge in [-0.1, -0.05) is 44.2 Å². The molecule has 0 spiro atoms. The van der Waals surface area contributed by atoms with Crippen molar-refractivity contribution in [2.24, 2.45) is 11.8 Å². The summed E-state index contributed by atoms with van der Waals surface area (Å²) in [5, 5.41) is 13.3. The lowest BCUT2D eigenvalue weighted by Gasteiger charge is -2.36. The fourth-order valence-electron chi connectivity index (χ4n) is 3.05. The largest absolute Gasteiger partial charge is 0.394 e. The number of hydrogen-bond donors (Lipinski definition) is 2. The smallest absolute Gasteiger partial charge is 0.0795 e. The van der Waals surface area contributed by atoms with Gasteiger partial charge in [-0.25, -0.2) is 0 Å². The third-order valence-electron chi connectivity index (χ3n) is 4.63. The third kappa shape index (κ3) is 2.99. The highest BCUT2D eigenvalue weighted by molar-refractivity contribution is 5.25. The summed E-state index contributed by atoms with van der Waals surface area (Å²) in [6.45, 7) is 7.85. The average Bonchev–Trinajstić information content (AvgIpc) is 2.76. The minimum atomic E-state index is -0.356. The van der Waals surface area contributed by atoms with Crippen molar-refractivity contribution in [1.82, 2.24) is 10.2 Å². The summed E-state index contributed by atoms with van der Waals surface area (Å²) in [6.07, 6.45) is 0. The molecule has 0 aliphatic carbocycles. The van der Waals surface area contributed by atoms with Gasteiger partial charge in [-0.3, -0.25) is 0 Å². The van der Waals surface area contributed by atoms with E-state index < -0.39 is 0 Å². The molecule has 2 rings (SSSR count). The molecular weight excluding hydrogens is 236 g/mol. The van der Waals surface area contributed by atoms with Crippen LogP contribution in [-0.4, -0.2) is 43.3 Å². The monoisotopic (exact) mass is 262 g/mol. The maximum Gasteiger partial charge on any atom is 0.0795 e. The van der Waals surface area contributed by atoms with Gasteiger partial charge in [0.05, 0.1) is 12.1 Å². The molecule has 1 fully saturated rings. The number of hydrogen-bond acceptors (Lipinski definition) is 3. The Hall–Kier alpha value is -0.900. The Morgan fingerprint density at radius 3 is 2.26 bits per heavy atom. The van der Waals surface area contributed by atoms with Crippen molar-refractivity contribution >= 4 is 0 Å². The fourth-order valence-corrected chi connectivity index (χ4v) is 3.05. The van der Waals surface area contributed by atoms with Gasteiger partial charge < -0.3 is 15.3 Å². The molecule has 1 aromatic carbocycles. The fraction of sp³-hybridized carbons (Fsp3) is 0.625. The first-order valence-electron chi connectivity index (χ1n) is 7.19. The maximum absolute atomic E-state index is 9.93. The first-order valence-corrected chi connectivity index (χ1v) is 7.19. The molecule has 0 amide bonds. The van der Waals surface area contributed by atoms with Crippen LogP contribution in [0.4, 0.5) is 0 Å². The summed E-state index contributed by atoms with van der Waals surface area (Å²) in [7, 11) is 1.94. The molecule has 1 aliphatic heterocycles. The van der Waals surface area contributed by atoms with Crippen LogP contribution < -0.4 is 5.32 Å². The molecule has 0 radical (unpaired) electrons. The Bertz CT molecular complexity index is 379. The summed E-state index contributed by atoms with van der Waals surface area (Å²) in [5.41, 5.74) is 0.803. The van der Waals surface area contributed by atoms with E-state index in [1.54, 1.807) is 0 Å². The summed E-state index contributed by atoms with van der Waals surface area (Å²) < 4.78 is 0. The topological polar surface area (TPSA) is 35.5 Å². The van der Waals surface area contributed by atoms with Crippen molar-refractivity contribution in [1.29, 1.82) is 0 Å². The number of aliphatic hydroxyl groups excluding tert-OH is 1. The minimum absolute atomic E-state index is 0.118. The third-order valence-corrected chi connectivity index (χ3v) is 4.63. The van der Waals surface area contributed by atoms with Gasteiger partial charge in [-0.05, 0) is 24.4 Å². The predicted molar refractivity (Wildman–Crippen MR) is 79.0 cm³/mol. The first kappa shape index (κ1) is 14.5. The summed E-state index contributed by atoms with van der Waals surface area (Å²) in [4.78, 5) is 2.47. The Morgan fingerprint density at radius 1 is 1.21 bits per heavy atom. The molecule has 3 unspecified atom stereocenters. The highest BCUT2D eigenvalue weighted by Gasteiger charge is 2.35. The van der Waals surface area contributed by atoms with Crippen molar-refractivity contribution in [2.75, 3.05) is 33.3 Å². The molecule has 3 heteroatoms. The lowest BCUT2D eigenvalue weighted by Crippen LogP contribution is -2.52. The van der Waals surface area contributed by atoms with E-state index in [4.69, 9.17) is 0 Å². The van der Waals surface area contributed by atoms with Crippen molar-refractivity contribution in [3.63, 3.8) is 0 Å². The molecule has 19 heavy (non-hydrogen) atoms. The minimum Gasteiger partial charge on any atom is -0.394 e. The van der Waals surface area contributed by atoms with E-state index in [1.165, 1.54) is 0 Å². The molecule has 2 N–H and O–H groups in total. The number of likely N-dealkylation sites (tertiary alicyclic amines) is 1. The lowest BCUT2D eigenvalue weighted by atomic mass is 9.90. The molecule has 0 aromatic heterocycles. The normalized spacial score (nSPS) is 27.4. The summed E-state index contributed by atoms with van der Waals surface area (Å²) in [5.74, 6) is 1.48. The van der Waals surface area contributed by atoms with Crippen molar-refractivity contribution in [3.05, 3.63) is 35.9 Å². The zero-order valence-electron chi connectivity index (χ0n) is 12.3. The zero-order chi connectivity index (χ0) is 13.9. The second kappa shape index (κ2) is 6.04. The van der Waals surface area contributed by atoms with E-state index in [0.717, 1.165) is 37.0 Å². The van der Waals surface area contributed by atoms with Crippen LogP contribution in [0.5, 0.6) is 0 Å². The SMILES string of the molecule is CNC(CO)(CN1CC(C)C(C)C1)c1ccccc1. The van der Waals surface area contributed by atoms with Gasteiger partial charge in [0.15, 0.2) is 0 Å². The molecule has 0 bridgehead atoms. The molecule has 106 valence electrons. The van der Waals surface area contributed by atoms with Crippen LogP contribution in [0.3, 0.4) is 0 Å². The van der Waals surface area contributed by atoms with E-state index >= 15 is 0 Å². The number of nitrogens with one attached hydrogen (secondary N) is 1. The van der Waals surface area contributed by atoms with Crippen LogP contribution in [0, 0.1) is 11.8 Å². The average molecular weight is 262 g/mol. The van der Waals surface area contributed by atoms with Crippen molar-refractivity contribution < 1.29 is 5.11 Å². The second-order valence-corrected chi connectivity index (χ2v) is 6.00. The van der Waals surface area contributed by atoms with Gasteiger partial charge in [0.25, 0.3) is 0 Å². The van der Waals surface area contributed by atoms with E-state index in [2.05, 4.69) is 36.2 Å². The maximum atomic E-state index is 9.93. The Kier molecular flexibility index (Phi) is 4.61. The van der Waals surface area contributed by atoms with E-state index in [0.29, 0.717) is 0 Å². The molecule has 1 heterocycles. The predicted octanol–water partition coefficient (Wildman–Crippen LogP) is 1.68. The molecular formula is C16H26N2O. The molecule has 0 saturated carbocycles. The second-order valence-electron chi connectivity index (χ2n) is 6.00. The van der Waals surface area contributed by atoms with E-state index in [1.807, 2.05) is 25.2 Å². The van der Waals surface area contributed by atoms with Gasteiger partial charge >= 0.3 is 0 Å². The van der Waals surface area contributed by atoms with E-state index in [9.17, 15) is 5.11 Å². The number of benzene rings is 1. The quantitative estimate of drug-likeness (QED) is 0.847. The highest BCUT2D eigenvalue weighted by Crippen LogP contribution is 2.27.